The van der Waals surface area contributed by atoms with Gasteiger partial charge in [-0.25, -0.2) is 0 Å². The zero-order valence-electron chi connectivity index (χ0n) is 40.7. The first-order valence-electron chi connectivity index (χ1n) is 25.9. The topological polar surface area (TPSA) is 16.4 Å². The molecule has 1 aromatic heterocycles. The molecule has 0 saturated heterocycles. The van der Waals surface area contributed by atoms with Crippen LogP contribution >= 0.6 is 11.8 Å². The molecule has 12 aromatic carbocycles. The Hall–Kier alpha value is -9.15. The summed E-state index contributed by atoms with van der Waals surface area (Å²) < 4.78 is 6.72. The number of benzene rings is 12. The maximum absolute atomic E-state index is 6.72. The zero-order valence-corrected chi connectivity index (χ0v) is 41.6. The molecule has 0 unspecified atom stereocenters. The van der Waals surface area contributed by atoms with Crippen molar-refractivity contribution in [1.82, 2.24) is 0 Å². The van der Waals surface area contributed by atoms with Crippen molar-refractivity contribution >= 4 is 61.5 Å². The maximum Gasteiger partial charge on any atom is 0.143 e. The highest BCUT2D eigenvalue weighted by Crippen LogP contribution is 2.64. The van der Waals surface area contributed by atoms with Gasteiger partial charge in [0.05, 0.1) is 10.8 Å². The molecule has 2 heterocycles. The molecule has 350 valence electrons. The zero-order chi connectivity index (χ0) is 49.2. The minimum Gasteiger partial charge on any atom is -0.455 e. The predicted molar refractivity (Wildman–Crippen MR) is 310 cm³/mol. The molecule has 2 nitrogen and oxygen atoms in total. The number of fused-ring (bicyclic) bond motifs is 17. The third kappa shape index (κ3) is 5.87. The van der Waals surface area contributed by atoms with Crippen molar-refractivity contribution in [1.29, 1.82) is 0 Å². The Kier molecular flexibility index (Phi) is 9.14. The average Bonchev–Trinajstić information content (AvgIpc) is 4.12. The Morgan fingerprint density at radius 2 is 0.867 bits per heavy atom. The highest BCUT2D eigenvalue weighted by atomic mass is 32.2. The van der Waals surface area contributed by atoms with Crippen molar-refractivity contribution in [2.45, 2.75) is 20.6 Å². The van der Waals surface area contributed by atoms with Crippen LogP contribution in [0.1, 0.15) is 44.5 Å². The van der Waals surface area contributed by atoms with E-state index in [9.17, 15) is 0 Å². The van der Waals surface area contributed by atoms with Gasteiger partial charge in [-0.1, -0.05) is 224 Å². The quantitative estimate of drug-likeness (QED) is 0.165. The van der Waals surface area contributed by atoms with Gasteiger partial charge in [-0.15, -0.1) is 0 Å². The average molecular weight is 972 g/mol. The van der Waals surface area contributed by atoms with E-state index in [1.54, 1.807) is 0 Å². The summed E-state index contributed by atoms with van der Waals surface area (Å²) in [7, 11) is 0. The molecule has 1 spiro atoms. The lowest BCUT2D eigenvalue weighted by Crippen LogP contribution is -2.31. The number of furan rings is 1. The van der Waals surface area contributed by atoms with Crippen molar-refractivity contribution < 1.29 is 4.42 Å². The first kappa shape index (κ1) is 42.4. The van der Waals surface area contributed by atoms with E-state index in [0.717, 1.165) is 44.4 Å². The minimum absolute atomic E-state index is 0.443. The van der Waals surface area contributed by atoms with Crippen LogP contribution in [0.2, 0.25) is 0 Å². The molecule has 0 atom stereocenters. The second-order valence-electron chi connectivity index (χ2n) is 20.2. The molecule has 3 heteroatoms. The van der Waals surface area contributed by atoms with Crippen molar-refractivity contribution in [2.24, 2.45) is 0 Å². The van der Waals surface area contributed by atoms with E-state index in [1.165, 1.54) is 93.1 Å². The third-order valence-corrected chi connectivity index (χ3v) is 17.8. The van der Waals surface area contributed by atoms with Crippen LogP contribution in [0.4, 0.5) is 17.1 Å². The largest absolute Gasteiger partial charge is 0.455 e. The van der Waals surface area contributed by atoms with Gasteiger partial charge in [-0.3, -0.25) is 0 Å². The number of rotatable bonds is 6. The molecule has 16 rings (SSSR count). The molecule has 0 amide bonds. The van der Waals surface area contributed by atoms with E-state index in [-0.39, 0.29) is 0 Å². The smallest absolute Gasteiger partial charge is 0.143 e. The molecule has 75 heavy (non-hydrogen) atoms. The van der Waals surface area contributed by atoms with Crippen LogP contribution in [0, 0.1) is 0 Å². The lowest BCUT2D eigenvalue weighted by atomic mass is 9.67. The molecule has 1 aliphatic heterocycles. The van der Waals surface area contributed by atoms with E-state index in [1.807, 2.05) is 11.8 Å². The monoisotopic (exact) mass is 971 g/mol. The molecular formula is C72H45NOS. The summed E-state index contributed by atoms with van der Waals surface area (Å²) in [6, 6.07) is 101. The molecule has 13 aromatic rings. The molecular weight excluding hydrogens is 927 g/mol. The number of anilines is 3. The van der Waals surface area contributed by atoms with Gasteiger partial charge in [0.15, 0.2) is 0 Å². The normalized spacial score (nSPS) is 14.0. The van der Waals surface area contributed by atoms with Crippen LogP contribution in [-0.4, -0.2) is 0 Å². The third-order valence-electron chi connectivity index (χ3n) is 16.6. The van der Waals surface area contributed by atoms with Gasteiger partial charge in [-0.2, -0.15) is 0 Å². The van der Waals surface area contributed by atoms with Gasteiger partial charge in [0.25, 0.3) is 0 Å². The lowest BCUT2D eigenvalue weighted by Gasteiger charge is -2.39. The van der Waals surface area contributed by atoms with Crippen molar-refractivity contribution in [3.05, 3.63) is 317 Å². The number of nitrogens with zero attached hydrogens (tertiary/aromatic N) is 1. The standard InChI is InChI=1S/C72H45NOS/c1-3-19-48(20-4-1)71(49-21-5-2-6-22-49)60-27-11-9-24-55(60)56-42-39-52(45-65(56)71)73(51-40-43-66-59(44-51)57-41-36-46-18-7-8-23-54(46)70(57)74-66)50-37-34-47(35-38-50)53-26-17-31-64-69(53)58-25-10-12-28-61(58)72(64)62-29-13-15-32-67(62)75-68-33-16-14-30-63(68)72/h1-45H. The molecule has 0 bridgehead atoms. The van der Waals surface area contributed by atoms with Crippen LogP contribution in [0.15, 0.2) is 287 Å². The molecule has 0 N–H and O–H groups in total. The van der Waals surface area contributed by atoms with Crippen LogP contribution in [0.5, 0.6) is 0 Å². The highest BCUT2D eigenvalue weighted by molar-refractivity contribution is 7.99. The van der Waals surface area contributed by atoms with Crippen molar-refractivity contribution in [3.63, 3.8) is 0 Å². The summed E-state index contributed by atoms with van der Waals surface area (Å²) in [6.45, 7) is 0. The molecule has 0 radical (unpaired) electrons. The second-order valence-corrected chi connectivity index (χ2v) is 21.3. The van der Waals surface area contributed by atoms with Crippen LogP contribution in [-0.2, 0) is 10.8 Å². The van der Waals surface area contributed by atoms with Crippen molar-refractivity contribution in [2.75, 3.05) is 4.90 Å². The van der Waals surface area contributed by atoms with Gasteiger partial charge in [0, 0.05) is 43.0 Å². The Bertz CT molecular complexity index is 4370. The lowest BCUT2D eigenvalue weighted by molar-refractivity contribution is 0.672. The summed E-state index contributed by atoms with van der Waals surface area (Å²) >= 11 is 1.89. The number of hydrogen-bond acceptors (Lipinski definition) is 3. The summed E-state index contributed by atoms with van der Waals surface area (Å²) in [4.78, 5) is 5.06. The fourth-order valence-electron chi connectivity index (χ4n) is 13.6. The van der Waals surface area contributed by atoms with Gasteiger partial charge in [0.1, 0.15) is 11.2 Å². The Morgan fingerprint density at radius 3 is 1.60 bits per heavy atom. The van der Waals surface area contributed by atoms with Gasteiger partial charge in [-0.05, 0) is 144 Å². The fourth-order valence-corrected chi connectivity index (χ4v) is 14.8. The second kappa shape index (κ2) is 16.2. The van der Waals surface area contributed by atoms with Gasteiger partial charge >= 0.3 is 0 Å². The summed E-state index contributed by atoms with van der Waals surface area (Å²) in [6.07, 6.45) is 0. The SMILES string of the molecule is c1ccc(C2(c3ccccc3)c3ccccc3-c3ccc(N(c4ccc(-c5cccc6c5-c5ccccc5C65c6ccccc6Sc6ccccc65)cc4)c4ccc5oc6c7ccccc7ccc6c5c4)cc32)cc1. The minimum atomic E-state index is -0.550. The van der Waals surface area contributed by atoms with E-state index in [2.05, 4.69) is 278 Å². The predicted octanol–water partition coefficient (Wildman–Crippen LogP) is 19.1. The van der Waals surface area contributed by atoms with Crippen LogP contribution in [0.3, 0.4) is 0 Å². The highest BCUT2D eigenvalue weighted by Gasteiger charge is 2.51. The van der Waals surface area contributed by atoms with E-state index in [4.69, 9.17) is 4.42 Å². The first-order valence-corrected chi connectivity index (χ1v) is 26.7. The van der Waals surface area contributed by atoms with E-state index < -0.39 is 10.8 Å². The molecule has 0 saturated carbocycles. The Balaban J connectivity index is 0.907. The van der Waals surface area contributed by atoms with Gasteiger partial charge < -0.3 is 9.32 Å². The Morgan fingerprint density at radius 1 is 0.320 bits per heavy atom. The summed E-state index contributed by atoms with van der Waals surface area (Å²) in [5.41, 5.74) is 21.9. The van der Waals surface area contributed by atoms with Crippen LogP contribution in [0.25, 0.3) is 66.1 Å². The molecule has 2 aliphatic carbocycles. The Labute approximate surface area is 439 Å². The maximum atomic E-state index is 6.72. The molecule has 0 fully saturated rings. The van der Waals surface area contributed by atoms with Crippen LogP contribution < -0.4 is 4.90 Å². The van der Waals surface area contributed by atoms with Crippen molar-refractivity contribution in [3.8, 4) is 33.4 Å². The fraction of sp³-hybridized carbons (Fsp3) is 0.0278. The van der Waals surface area contributed by atoms with Gasteiger partial charge in [0.2, 0.25) is 0 Å². The number of hydrogen-bond donors (Lipinski definition) is 0. The van der Waals surface area contributed by atoms with E-state index >= 15 is 0 Å². The van der Waals surface area contributed by atoms with E-state index in [0.29, 0.717) is 0 Å². The molecule has 3 aliphatic rings. The first-order chi connectivity index (χ1) is 37.2. The summed E-state index contributed by atoms with van der Waals surface area (Å²) in [5.74, 6) is 0. The summed E-state index contributed by atoms with van der Waals surface area (Å²) in [5, 5.41) is 4.48.